The molecule has 0 aliphatic carbocycles. The Balaban J connectivity index is 3.18. The number of hydrogen-bond donors (Lipinski definition) is 0. The minimum absolute atomic E-state index is 0.0646. The van der Waals surface area contributed by atoms with Crippen LogP contribution in [-0.4, -0.2) is 17.7 Å². The Labute approximate surface area is 114 Å². The largest absolute Gasteiger partial charge is 0.573 e. The first-order chi connectivity index (χ1) is 9.02. The minimum Gasteiger partial charge on any atom is -0.406 e. The van der Waals surface area contributed by atoms with Gasteiger partial charge in [-0.2, -0.15) is 13.2 Å². The topological polar surface area (TPSA) is 26.3 Å². The number of ketones is 1. The molecule has 1 aromatic carbocycles. The van der Waals surface area contributed by atoms with Crippen LogP contribution in [-0.2, 0) is 0 Å². The van der Waals surface area contributed by atoms with E-state index in [1.54, 1.807) is 0 Å². The maximum absolute atomic E-state index is 12.3. The van der Waals surface area contributed by atoms with Crippen molar-refractivity contribution < 1.29 is 35.9 Å². The van der Waals surface area contributed by atoms with Crippen LogP contribution in [0.2, 0.25) is 0 Å². The fraction of sp³-hybridized carbons (Fsp3) is 0.364. The van der Waals surface area contributed by atoms with Gasteiger partial charge in [-0.05, 0) is 30.0 Å². The summed E-state index contributed by atoms with van der Waals surface area (Å²) in [5, 5.41) is 0. The van der Waals surface area contributed by atoms with E-state index >= 15 is 0 Å². The van der Waals surface area contributed by atoms with Gasteiger partial charge in [0.25, 0.3) is 0 Å². The van der Waals surface area contributed by atoms with Gasteiger partial charge in [0, 0.05) is 16.9 Å². The number of carbonyl (C=O) groups excluding carboxylic acids is 1. The van der Waals surface area contributed by atoms with Crippen molar-refractivity contribution in [2.75, 3.05) is 0 Å². The zero-order valence-corrected chi connectivity index (χ0v) is 10.7. The minimum atomic E-state index is -5.02. The van der Waals surface area contributed by atoms with Gasteiger partial charge < -0.3 is 4.74 Å². The smallest absolute Gasteiger partial charge is 0.406 e. The molecule has 2 nitrogen and oxygen atoms in total. The number of thioether (sulfide) groups is 1. The molecule has 0 saturated heterocycles. The molecule has 0 radical (unpaired) electrons. The van der Waals surface area contributed by atoms with Gasteiger partial charge in [0.05, 0.1) is 0 Å². The lowest BCUT2D eigenvalue weighted by Gasteiger charge is -2.13. The van der Waals surface area contributed by atoms with Crippen molar-refractivity contribution >= 4 is 17.5 Å². The van der Waals surface area contributed by atoms with E-state index in [1.807, 2.05) is 0 Å². The van der Waals surface area contributed by atoms with E-state index in [9.17, 15) is 31.1 Å². The average molecular weight is 318 g/mol. The van der Waals surface area contributed by atoms with Gasteiger partial charge in [0.15, 0.2) is 5.78 Å². The van der Waals surface area contributed by atoms with E-state index in [0.717, 1.165) is 12.1 Å². The van der Waals surface area contributed by atoms with Crippen molar-refractivity contribution in [3.63, 3.8) is 0 Å². The summed E-state index contributed by atoms with van der Waals surface area (Å²) >= 11 is -0.657. The molecule has 1 rings (SSSR count). The van der Waals surface area contributed by atoms with Crippen LogP contribution < -0.4 is 4.74 Å². The molecule has 0 aliphatic rings. The highest BCUT2D eigenvalue weighted by molar-refractivity contribution is 8.00. The molecule has 9 heteroatoms. The fourth-order valence-electron chi connectivity index (χ4n) is 1.33. The summed E-state index contributed by atoms with van der Waals surface area (Å²) in [6, 6.07) is 2.24. The van der Waals surface area contributed by atoms with Crippen LogP contribution in [0.1, 0.15) is 23.7 Å². The van der Waals surface area contributed by atoms with E-state index in [1.165, 1.54) is 6.92 Å². The predicted octanol–water partition coefficient (Wildman–Crippen LogP) is 4.79. The van der Waals surface area contributed by atoms with Crippen molar-refractivity contribution in [1.82, 2.24) is 0 Å². The molecule has 0 unspecified atom stereocenters. The maximum Gasteiger partial charge on any atom is 0.573 e. The molecule has 0 saturated carbocycles. The summed E-state index contributed by atoms with van der Waals surface area (Å²) in [5.74, 6) is -1.41. The third-order valence-electron chi connectivity index (χ3n) is 2.03. The van der Waals surface area contributed by atoms with E-state index in [2.05, 4.69) is 4.74 Å². The first-order valence-corrected chi connectivity index (χ1v) is 6.02. The highest BCUT2D eigenvalue weighted by Crippen LogP contribution is 2.40. The van der Waals surface area contributed by atoms with E-state index < -0.39 is 40.1 Å². The zero-order valence-electron chi connectivity index (χ0n) is 9.93. The van der Waals surface area contributed by atoms with E-state index in [4.69, 9.17) is 0 Å². The van der Waals surface area contributed by atoms with Gasteiger partial charge in [-0.15, -0.1) is 13.2 Å². The SMILES string of the molecule is CCC(=O)c1ccc(OC(F)(F)F)cc1SC(F)(F)F. The Kier molecular flexibility index (Phi) is 4.95. The van der Waals surface area contributed by atoms with E-state index in [0.29, 0.717) is 6.07 Å². The lowest BCUT2D eigenvalue weighted by molar-refractivity contribution is -0.274. The zero-order chi connectivity index (χ0) is 15.6. The third-order valence-corrected chi connectivity index (χ3v) is 2.82. The number of halogens is 6. The summed E-state index contributed by atoms with van der Waals surface area (Å²) < 4.78 is 76.6. The Morgan fingerprint density at radius 2 is 1.80 bits per heavy atom. The summed E-state index contributed by atoms with van der Waals surface area (Å²) in [4.78, 5) is 10.9. The molecule has 112 valence electrons. The van der Waals surface area contributed by atoms with Crippen LogP contribution >= 0.6 is 11.8 Å². The summed E-state index contributed by atoms with van der Waals surface area (Å²) in [7, 11) is 0. The van der Waals surface area contributed by atoms with Crippen LogP contribution in [0.5, 0.6) is 5.75 Å². The second-order valence-corrected chi connectivity index (χ2v) is 4.64. The first-order valence-electron chi connectivity index (χ1n) is 5.20. The molecule has 0 amide bonds. The third kappa shape index (κ3) is 5.32. The standard InChI is InChI=1S/C11H8F6O2S/c1-2-8(18)7-4-3-6(19-10(12,13)14)5-9(7)20-11(15,16)17/h3-5H,2H2,1H3. The first kappa shape index (κ1) is 16.7. The second-order valence-electron chi connectivity index (χ2n) is 3.53. The molecule has 0 aromatic heterocycles. The maximum atomic E-state index is 12.3. The van der Waals surface area contributed by atoms with Gasteiger partial charge in [-0.25, -0.2) is 0 Å². The van der Waals surface area contributed by atoms with Gasteiger partial charge in [0.2, 0.25) is 0 Å². The lowest BCUT2D eigenvalue weighted by Crippen LogP contribution is -2.17. The number of hydrogen-bond acceptors (Lipinski definition) is 3. The predicted molar refractivity (Wildman–Crippen MR) is 59.7 cm³/mol. The second kappa shape index (κ2) is 5.94. The molecule has 20 heavy (non-hydrogen) atoms. The van der Waals surface area contributed by atoms with Crippen LogP contribution in [0.4, 0.5) is 26.3 Å². The molecule has 0 heterocycles. The van der Waals surface area contributed by atoms with Crippen molar-refractivity contribution in [2.45, 2.75) is 30.1 Å². The Hall–Kier alpha value is -1.38. The van der Waals surface area contributed by atoms with Gasteiger partial charge >= 0.3 is 11.9 Å². The summed E-state index contributed by atoms with van der Waals surface area (Å²) in [6.07, 6.45) is -5.08. The van der Waals surface area contributed by atoms with Crippen LogP contribution in [0.3, 0.4) is 0 Å². The molecular formula is C11H8F6O2S. The highest BCUT2D eigenvalue weighted by atomic mass is 32.2. The van der Waals surface area contributed by atoms with Crippen molar-refractivity contribution in [1.29, 1.82) is 0 Å². The average Bonchev–Trinajstić information content (AvgIpc) is 2.24. The Bertz CT molecular complexity index is 495. The Morgan fingerprint density at radius 3 is 2.25 bits per heavy atom. The number of rotatable bonds is 4. The van der Waals surface area contributed by atoms with Crippen LogP contribution in [0.15, 0.2) is 23.1 Å². The monoisotopic (exact) mass is 318 g/mol. The van der Waals surface area contributed by atoms with Gasteiger partial charge in [-0.1, -0.05) is 6.92 Å². The molecule has 1 aromatic rings. The fourth-order valence-corrected chi connectivity index (χ4v) is 2.05. The highest BCUT2D eigenvalue weighted by Gasteiger charge is 2.34. The number of alkyl halides is 6. The van der Waals surface area contributed by atoms with Crippen molar-refractivity contribution in [3.05, 3.63) is 23.8 Å². The number of Topliss-reactive ketones (excluding diaryl/α,β-unsaturated/α-hetero) is 1. The number of carbonyl (C=O) groups is 1. The van der Waals surface area contributed by atoms with Crippen LogP contribution in [0.25, 0.3) is 0 Å². The molecule has 0 N–H and O–H groups in total. The van der Waals surface area contributed by atoms with Crippen LogP contribution in [0, 0.1) is 0 Å². The summed E-state index contributed by atoms with van der Waals surface area (Å²) in [5.41, 5.74) is -5.01. The van der Waals surface area contributed by atoms with Gasteiger partial charge in [0.1, 0.15) is 5.75 Å². The molecule has 0 aliphatic heterocycles. The number of ether oxygens (including phenoxy) is 1. The van der Waals surface area contributed by atoms with E-state index in [-0.39, 0.29) is 12.0 Å². The molecule has 0 bridgehead atoms. The normalized spacial score (nSPS) is 12.3. The van der Waals surface area contributed by atoms with Crippen molar-refractivity contribution in [3.8, 4) is 5.75 Å². The van der Waals surface area contributed by atoms with Gasteiger partial charge in [-0.3, -0.25) is 4.79 Å². The molecule has 0 spiro atoms. The molecular weight excluding hydrogens is 310 g/mol. The molecule has 0 atom stereocenters. The van der Waals surface area contributed by atoms with Crippen molar-refractivity contribution in [2.24, 2.45) is 0 Å². The molecule has 0 fully saturated rings. The summed E-state index contributed by atoms with van der Waals surface area (Å²) in [6.45, 7) is 1.44. The Morgan fingerprint density at radius 1 is 1.20 bits per heavy atom. The number of benzene rings is 1. The lowest BCUT2D eigenvalue weighted by atomic mass is 10.1. The quantitative estimate of drug-likeness (QED) is 0.453.